The highest BCUT2D eigenvalue weighted by Crippen LogP contribution is 2.21. The van der Waals surface area contributed by atoms with Crippen molar-refractivity contribution in [1.29, 1.82) is 0 Å². The van der Waals surface area contributed by atoms with Gasteiger partial charge >= 0.3 is 6.03 Å². The summed E-state index contributed by atoms with van der Waals surface area (Å²) in [4.78, 5) is 16.0. The van der Waals surface area contributed by atoms with E-state index >= 15 is 0 Å². The van der Waals surface area contributed by atoms with Gasteiger partial charge in [0.15, 0.2) is 0 Å². The minimum Gasteiger partial charge on any atom is -0.335 e. The predicted molar refractivity (Wildman–Crippen MR) is 64.4 cm³/mol. The third-order valence-electron chi connectivity index (χ3n) is 3.43. The van der Waals surface area contributed by atoms with Crippen molar-refractivity contribution < 1.29 is 4.79 Å². The zero-order valence-corrected chi connectivity index (χ0v) is 10.4. The van der Waals surface area contributed by atoms with Gasteiger partial charge in [0.05, 0.1) is 0 Å². The number of nitrogens with zero attached hydrogens (tertiary/aromatic N) is 2. The smallest absolute Gasteiger partial charge is 0.317 e. The number of likely N-dealkylation sites (tertiary alicyclic amines) is 1. The van der Waals surface area contributed by atoms with E-state index in [2.05, 4.69) is 24.3 Å². The normalized spacial score (nSPS) is 22.6. The Balaban J connectivity index is 1.69. The third kappa shape index (κ3) is 3.37. The van der Waals surface area contributed by atoms with Crippen LogP contribution in [0.3, 0.4) is 0 Å². The first-order valence-electron chi connectivity index (χ1n) is 6.35. The predicted octanol–water partition coefficient (Wildman–Crippen LogP) is 1.13. The molecule has 1 heterocycles. The number of rotatable bonds is 3. The van der Waals surface area contributed by atoms with Gasteiger partial charge in [0.2, 0.25) is 0 Å². The van der Waals surface area contributed by atoms with E-state index in [1.165, 1.54) is 12.8 Å². The molecule has 0 atom stereocenters. The molecule has 0 unspecified atom stereocenters. The second kappa shape index (κ2) is 5.04. The number of carbonyl (C=O) groups is 1. The molecule has 0 radical (unpaired) electrons. The van der Waals surface area contributed by atoms with Gasteiger partial charge in [0.25, 0.3) is 0 Å². The van der Waals surface area contributed by atoms with Crippen LogP contribution in [0.1, 0.15) is 25.7 Å². The number of carbonyl (C=O) groups excluding carboxylic acids is 1. The van der Waals surface area contributed by atoms with Gasteiger partial charge in [-0.05, 0) is 45.7 Å². The maximum atomic E-state index is 11.8. The summed E-state index contributed by atoms with van der Waals surface area (Å²) in [6.07, 6.45) is 4.64. The van der Waals surface area contributed by atoms with Crippen LogP contribution in [-0.2, 0) is 0 Å². The van der Waals surface area contributed by atoms with E-state index in [1.807, 2.05) is 4.90 Å². The van der Waals surface area contributed by atoms with Gasteiger partial charge in [0.1, 0.15) is 0 Å². The summed E-state index contributed by atoms with van der Waals surface area (Å²) in [7, 11) is 4.23. The fraction of sp³-hybridized carbons (Fsp3) is 0.917. The molecule has 0 spiro atoms. The molecule has 0 aromatic rings. The van der Waals surface area contributed by atoms with Crippen molar-refractivity contribution >= 4 is 6.03 Å². The zero-order chi connectivity index (χ0) is 11.5. The van der Waals surface area contributed by atoms with Gasteiger partial charge in [0, 0.05) is 25.7 Å². The summed E-state index contributed by atoms with van der Waals surface area (Å²) < 4.78 is 0. The van der Waals surface area contributed by atoms with E-state index in [0.717, 1.165) is 38.4 Å². The van der Waals surface area contributed by atoms with Crippen LogP contribution in [0.2, 0.25) is 0 Å². The molecule has 0 aromatic carbocycles. The first-order valence-corrected chi connectivity index (χ1v) is 6.35. The van der Waals surface area contributed by atoms with Crippen molar-refractivity contribution in [1.82, 2.24) is 15.1 Å². The Morgan fingerprint density at radius 1 is 1.25 bits per heavy atom. The molecule has 16 heavy (non-hydrogen) atoms. The molecule has 2 amide bonds. The first-order chi connectivity index (χ1) is 7.65. The Bertz CT molecular complexity index is 243. The maximum absolute atomic E-state index is 11.8. The molecule has 4 nitrogen and oxygen atoms in total. The molecule has 2 rings (SSSR count). The molecule has 1 saturated heterocycles. The number of hydrogen-bond donors (Lipinski definition) is 1. The van der Waals surface area contributed by atoms with E-state index in [1.54, 1.807) is 0 Å². The summed E-state index contributed by atoms with van der Waals surface area (Å²) in [5.74, 6) is 0.764. The average Bonchev–Trinajstić information content (AvgIpc) is 3.01. The summed E-state index contributed by atoms with van der Waals surface area (Å²) in [5.41, 5.74) is 0. The van der Waals surface area contributed by atoms with Crippen molar-refractivity contribution in [2.75, 3.05) is 33.7 Å². The zero-order valence-electron chi connectivity index (χ0n) is 10.4. The lowest BCUT2D eigenvalue weighted by molar-refractivity contribution is 0.159. The van der Waals surface area contributed by atoms with Crippen LogP contribution in [0.4, 0.5) is 4.79 Å². The number of nitrogens with one attached hydrogen (secondary N) is 1. The quantitative estimate of drug-likeness (QED) is 0.781. The van der Waals surface area contributed by atoms with Gasteiger partial charge in [-0.2, -0.15) is 0 Å². The summed E-state index contributed by atoms with van der Waals surface area (Å²) >= 11 is 0. The van der Waals surface area contributed by atoms with E-state index in [-0.39, 0.29) is 6.03 Å². The molecule has 1 aliphatic carbocycles. The third-order valence-corrected chi connectivity index (χ3v) is 3.43. The number of piperidine rings is 1. The number of amides is 2. The van der Waals surface area contributed by atoms with Crippen LogP contribution in [-0.4, -0.2) is 55.6 Å². The second-order valence-electron chi connectivity index (χ2n) is 5.42. The Kier molecular flexibility index (Phi) is 3.69. The van der Waals surface area contributed by atoms with Gasteiger partial charge in [-0.15, -0.1) is 0 Å². The summed E-state index contributed by atoms with van der Waals surface area (Å²) in [6.45, 7) is 3.01. The lowest BCUT2D eigenvalue weighted by Gasteiger charge is -2.33. The standard InChI is InChI=1S/C12H23N3O/c1-14(2)9-10-5-7-15(8-6-10)12(16)13-11-3-4-11/h10-11H,3-9H2,1-2H3,(H,13,16). The summed E-state index contributed by atoms with van der Waals surface area (Å²) in [6, 6.07) is 0.637. The van der Waals surface area contributed by atoms with Crippen LogP contribution < -0.4 is 5.32 Å². The molecule has 1 N–H and O–H groups in total. The lowest BCUT2D eigenvalue weighted by Crippen LogP contribution is -2.46. The Labute approximate surface area is 98.0 Å². The Morgan fingerprint density at radius 2 is 1.88 bits per heavy atom. The molecule has 1 aliphatic heterocycles. The Morgan fingerprint density at radius 3 is 2.38 bits per heavy atom. The Hall–Kier alpha value is -0.770. The SMILES string of the molecule is CN(C)CC1CCN(C(=O)NC2CC2)CC1. The molecule has 2 fully saturated rings. The van der Waals surface area contributed by atoms with Gasteiger partial charge in [-0.3, -0.25) is 0 Å². The molecule has 0 bridgehead atoms. The fourth-order valence-electron chi connectivity index (χ4n) is 2.33. The average molecular weight is 225 g/mol. The maximum Gasteiger partial charge on any atom is 0.317 e. The number of urea groups is 1. The van der Waals surface area contributed by atoms with Crippen LogP contribution in [0.15, 0.2) is 0 Å². The van der Waals surface area contributed by atoms with Crippen molar-refractivity contribution in [3.05, 3.63) is 0 Å². The van der Waals surface area contributed by atoms with Crippen LogP contribution in [0.5, 0.6) is 0 Å². The molecule has 1 saturated carbocycles. The highest BCUT2D eigenvalue weighted by molar-refractivity contribution is 5.74. The second-order valence-corrected chi connectivity index (χ2v) is 5.42. The molecular weight excluding hydrogens is 202 g/mol. The monoisotopic (exact) mass is 225 g/mol. The topological polar surface area (TPSA) is 35.6 Å². The van der Waals surface area contributed by atoms with Crippen molar-refractivity contribution in [2.45, 2.75) is 31.7 Å². The van der Waals surface area contributed by atoms with Crippen LogP contribution >= 0.6 is 0 Å². The summed E-state index contributed by atoms with van der Waals surface area (Å²) in [5, 5.41) is 3.06. The van der Waals surface area contributed by atoms with Gasteiger partial charge < -0.3 is 15.1 Å². The van der Waals surface area contributed by atoms with Crippen LogP contribution in [0, 0.1) is 5.92 Å². The molecule has 4 heteroatoms. The van der Waals surface area contributed by atoms with Crippen molar-refractivity contribution in [2.24, 2.45) is 5.92 Å². The van der Waals surface area contributed by atoms with E-state index in [9.17, 15) is 4.79 Å². The van der Waals surface area contributed by atoms with Crippen LogP contribution in [0.25, 0.3) is 0 Å². The van der Waals surface area contributed by atoms with Crippen molar-refractivity contribution in [3.8, 4) is 0 Å². The largest absolute Gasteiger partial charge is 0.335 e. The minimum absolute atomic E-state index is 0.158. The highest BCUT2D eigenvalue weighted by Gasteiger charge is 2.28. The van der Waals surface area contributed by atoms with Crippen molar-refractivity contribution in [3.63, 3.8) is 0 Å². The van der Waals surface area contributed by atoms with Gasteiger partial charge in [-0.25, -0.2) is 4.79 Å². The fourth-order valence-corrected chi connectivity index (χ4v) is 2.33. The van der Waals surface area contributed by atoms with Gasteiger partial charge in [-0.1, -0.05) is 0 Å². The van der Waals surface area contributed by atoms with E-state index in [0.29, 0.717) is 6.04 Å². The molecule has 2 aliphatic rings. The lowest BCUT2D eigenvalue weighted by atomic mass is 9.97. The molecule has 0 aromatic heterocycles. The highest BCUT2D eigenvalue weighted by atomic mass is 16.2. The molecular formula is C12H23N3O. The van der Waals surface area contributed by atoms with E-state index < -0.39 is 0 Å². The number of hydrogen-bond acceptors (Lipinski definition) is 2. The molecule has 92 valence electrons. The minimum atomic E-state index is 0.158. The van der Waals surface area contributed by atoms with E-state index in [4.69, 9.17) is 0 Å². The first kappa shape index (κ1) is 11.7.